The Kier molecular flexibility index (Phi) is 14.7. The van der Waals surface area contributed by atoms with E-state index in [4.69, 9.17) is 34.7 Å². The highest BCUT2D eigenvalue weighted by Crippen LogP contribution is 2.43. The molecule has 10 atom stereocenters. The molecule has 38 heavy (non-hydrogen) atoms. The summed E-state index contributed by atoms with van der Waals surface area (Å²) in [6.45, 7) is 3.93. The Bertz CT molecular complexity index is 631. The molecule has 11 heteroatoms. The topological polar surface area (TPSA) is 162 Å². The van der Waals surface area contributed by atoms with E-state index in [1.54, 1.807) is 0 Å². The number of aliphatic hydroxyl groups is 4. The molecular formula is C27H51NO10. The van der Waals surface area contributed by atoms with Gasteiger partial charge in [-0.05, 0) is 57.3 Å². The lowest BCUT2D eigenvalue weighted by Crippen LogP contribution is -2.57. The van der Waals surface area contributed by atoms with Crippen LogP contribution in [0.3, 0.4) is 0 Å². The summed E-state index contributed by atoms with van der Waals surface area (Å²) in [5, 5.41) is 41.6. The van der Waals surface area contributed by atoms with Crippen molar-refractivity contribution >= 4 is 0 Å². The fourth-order valence-corrected chi connectivity index (χ4v) is 6.01. The lowest BCUT2D eigenvalue weighted by Gasteiger charge is -2.45. The van der Waals surface area contributed by atoms with Crippen LogP contribution in [-0.4, -0.2) is 103 Å². The molecule has 0 aromatic heterocycles. The second-order valence-electron chi connectivity index (χ2n) is 10.9. The Hall–Kier alpha value is -0.440. The SMILES string of the molecule is CCCC1C(OCCCCCO)OC(COC2OC(COCCCCON)C(O)C3CCCC23)C(O)C1O. The van der Waals surface area contributed by atoms with Crippen molar-refractivity contribution in [2.45, 2.75) is 114 Å². The Morgan fingerprint density at radius 1 is 0.763 bits per heavy atom. The van der Waals surface area contributed by atoms with Crippen LogP contribution in [0.1, 0.15) is 71.1 Å². The van der Waals surface area contributed by atoms with Crippen molar-refractivity contribution in [3.63, 3.8) is 0 Å². The molecule has 1 aliphatic carbocycles. The van der Waals surface area contributed by atoms with E-state index in [1.165, 1.54) is 0 Å². The largest absolute Gasteiger partial charge is 0.396 e. The molecule has 224 valence electrons. The average Bonchev–Trinajstić information content (AvgIpc) is 3.41. The van der Waals surface area contributed by atoms with E-state index in [-0.39, 0.29) is 37.6 Å². The van der Waals surface area contributed by atoms with Gasteiger partial charge >= 0.3 is 0 Å². The summed E-state index contributed by atoms with van der Waals surface area (Å²) in [6.07, 6.45) is 3.06. The first-order chi connectivity index (χ1) is 18.5. The van der Waals surface area contributed by atoms with Crippen LogP contribution in [0.5, 0.6) is 0 Å². The summed E-state index contributed by atoms with van der Waals surface area (Å²) in [5.74, 6) is 4.84. The van der Waals surface area contributed by atoms with E-state index in [0.717, 1.165) is 57.8 Å². The van der Waals surface area contributed by atoms with Crippen LogP contribution >= 0.6 is 0 Å². The van der Waals surface area contributed by atoms with Crippen LogP contribution in [0.2, 0.25) is 0 Å². The van der Waals surface area contributed by atoms with Crippen LogP contribution in [0, 0.1) is 17.8 Å². The Labute approximate surface area is 226 Å². The standard InChI is InChI=1S/C27H51NO10/c1-2-9-20-24(31)25(32)22(38-27(20)34-14-5-3-4-12-29)17-35-26-19-11-8-10-18(19)23(30)21(37-26)16-33-13-6-7-15-36-28/h18-27,29-32H,2-17,28H2,1H3. The van der Waals surface area contributed by atoms with Crippen LogP contribution in [0.25, 0.3) is 0 Å². The molecule has 11 nitrogen and oxygen atoms in total. The number of nitrogens with two attached hydrogens (primary N) is 1. The number of aliphatic hydroxyl groups excluding tert-OH is 4. The van der Waals surface area contributed by atoms with Gasteiger partial charge in [0.15, 0.2) is 12.6 Å². The summed E-state index contributed by atoms with van der Waals surface area (Å²) in [7, 11) is 0. The number of rotatable bonds is 18. The molecule has 3 aliphatic rings. The van der Waals surface area contributed by atoms with Gasteiger partial charge in [-0.3, -0.25) is 0 Å². The predicted molar refractivity (Wildman–Crippen MR) is 138 cm³/mol. The molecule has 2 heterocycles. The summed E-state index contributed by atoms with van der Waals surface area (Å²) in [5.41, 5.74) is 0. The lowest BCUT2D eigenvalue weighted by molar-refractivity contribution is -0.313. The van der Waals surface area contributed by atoms with Gasteiger partial charge in [0.25, 0.3) is 0 Å². The van der Waals surface area contributed by atoms with Gasteiger partial charge in [0.2, 0.25) is 0 Å². The van der Waals surface area contributed by atoms with Crippen LogP contribution in [0.4, 0.5) is 0 Å². The van der Waals surface area contributed by atoms with Gasteiger partial charge in [-0.1, -0.05) is 19.8 Å². The van der Waals surface area contributed by atoms with Crippen molar-refractivity contribution in [1.29, 1.82) is 0 Å². The molecule has 3 fully saturated rings. The Morgan fingerprint density at radius 3 is 2.24 bits per heavy atom. The molecule has 0 bridgehead atoms. The number of fused-ring (bicyclic) bond motifs is 1. The maximum atomic E-state index is 10.9. The van der Waals surface area contributed by atoms with E-state index in [9.17, 15) is 15.3 Å². The minimum absolute atomic E-state index is 0.0398. The predicted octanol–water partition coefficient (Wildman–Crippen LogP) is 1.23. The van der Waals surface area contributed by atoms with Gasteiger partial charge in [-0.15, -0.1) is 0 Å². The van der Waals surface area contributed by atoms with Crippen molar-refractivity contribution in [3.8, 4) is 0 Å². The van der Waals surface area contributed by atoms with Crippen LogP contribution in [-0.2, 0) is 28.5 Å². The maximum absolute atomic E-state index is 10.9. The fraction of sp³-hybridized carbons (Fsp3) is 1.00. The van der Waals surface area contributed by atoms with Crippen molar-refractivity contribution in [2.75, 3.05) is 39.6 Å². The van der Waals surface area contributed by atoms with E-state index in [2.05, 4.69) is 4.84 Å². The van der Waals surface area contributed by atoms with Gasteiger partial charge in [-0.25, -0.2) is 5.90 Å². The summed E-state index contributed by atoms with van der Waals surface area (Å²) in [6, 6.07) is 0. The molecule has 0 aromatic rings. The first-order valence-corrected chi connectivity index (χ1v) is 14.6. The lowest BCUT2D eigenvalue weighted by atomic mass is 9.84. The van der Waals surface area contributed by atoms with Crippen molar-refractivity contribution < 1.29 is 48.9 Å². The molecule has 0 aromatic carbocycles. The van der Waals surface area contributed by atoms with E-state index < -0.39 is 43.1 Å². The van der Waals surface area contributed by atoms with Crippen LogP contribution in [0.15, 0.2) is 0 Å². The quantitative estimate of drug-likeness (QED) is 0.123. The van der Waals surface area contributed by atoms with E-state index in [0.29, 0.717) is 26.2 Å². The first kappa shape index (κ1) is 32.1. The maximum Gasteiger partial charge on any atom is 0.163 e. The number of ether oxygens (including phenoxy) is 5. The van der Waals surface area contributed by atoms with E-state index in [1.807, 2.05) is 6.92 Å². The molecule has 1 saturated carbocycles. The van der Waals surface area contributed by atoms with Crippen LogP contribution < -0.4 is 5.90 Å². The molecule has 2 saturated heterocycles. The number of hydrogen-bond donors (Lipinski definition) is 5. The van der Waals surface area contributed by atoms with E-state index >= 15 is 0 Å². The van der Waals surface area contributed by atoms with Crippen molar-refractivity contribution in [3.05, 3.63) is 0 Å². The van der Waals surface area contributed by atoms with Gasteiger partial charge in [0.1, 0.15) is 18.3 Å². The summed E-state index contributed by atoms with van der Waals surface area (Å²) >= 11 is 0. The van der Waals surface area contributed by atoms with Crippen molar-refractivity contribution in [1.82, 2.24) is 0 Å². The molecular weight excluding hydrogens is 498 g/mol. The third kappa shape index (κ3) is 9.04. The third-order valence-electron chi connectivity index (χ3n) is 8.15. The fourth-order valence-electron chi connectivity index (χ4n) is 6.01. The Balaban J connectivity index is 1.54. The zero-order valence-corrected chi connectivity index (χ0v) is 22.9. The number of hydrogen-bond acceptors (Lipinski definition) is 11. The highest BCUT2D eigenvalue weighted by Gasteiger charge is 2.49. The van der Waals surface area contributed by atoms with Gasteiger partial charge in [0.05, 0.1) is 32.0 Å². The molecule has 3 rings (SSSR count). The molecule has 0 amide bonds. The molecule has 6 N–H and O–H groups in total. The zero-order valence-electron chi connectivity index (χ0n) is 22.9. The first-order valence-electron chi connectivity index (χ1n) is 14.6. The zero-order chi connectivity index (χ0) is 27.3. The minimum atomic E-state index is -1.11. The minimum Gasteiger partial charge on any atom is -0.396 e. The van der Waals surface area contributed by atoms with Crippen molar-refractivity contribution in [2.24, 2.45) is 23.7 Å². The van der Waals surface area contributed by atoms with Gasteiger partial charge < -0.3 is 48.9 Å². The van der Waals surface area contributed by atoms with Gasteiger partial charge in [0, 0.05) is 31.7 Å². The smallest absolute Gasteiger partial charge is 0.163 e. The summed E-state index contributed by atoms with van der Waals surface area (Å²) in [4.78, 5) is 4.57. The second-order valence-corrected chi connectivity index (χ2v) is 10.9. The normalized spacial score (nSPS) is 37.4. The number of unbranched alkanes of at least 4 members (excludes halogenated alkanes) is 3. The second kappa shape index (κ2) is 17.4. The monoisotopic (exact) mass is 549 g/mol. The molecule has 2 aliphatic heterocycles. The average molecular weight is 550 g/mol. The summed E-state index contributed by atoms with van der Waals surface area (Å²) < 4.78 is 30.3. The molecule has 0 radical (unpaired) electrons. The molecule has 0 spiro atoms. The van der Waals surface area contributed by atoms with Gasteiger partial charge in [-0.2, -0.15) is 0 Å². The Morgan fingerprint density at radius 2 is 1.47 bits per heavy atom. The molecule has 10 unspecified atom stereocenters. The highest BCUT2D eigenvalue weighted by molar-refractivity contribution is 4.94. The third-order valence-corrected chi connectivity index (χ3v) is 8.15. The highest BCUT2D eigenvalue weighted by atomic mass is 16.7.